The van der Waals surface area contributed by atoms with Crippen LogP contribution in [-0.2, 0) is 9.53 Å². The maximum Gasteiger partial charge on any atom is 0.309 e. The van der Waals surface area contributed by atoms with Gasteiger partial charge in [0.25, 0.3) is 0 Å². The van der Waals surface area contributed by atoms with Crippen molar-refractivity contribution in [1.29, 1.82) is 0 Å². The third-order valence-corrected chi connectivity index (χ3v) is 5.80. The van der Waals surface area contributed by atoms with Crippen molar-refractivity contribution in [2.75, 3.05) is 44.5 Å². The van der Waals surface area contributed by atoms with Crippen LogP contribution in [0.2, 0.25) is 0 Å². The zero-order chi connectivity index (χ0) is 20.8. The van der Waals surface area contributed by atoms with Crippen molar-refractivity contribution < 1.29 is 19.0 Å². The topological polar surface area (TPSA) is 51.2 Å². The standard InChI is InChI=1S/C24H30N2O4/c1-2-28-24(27)19-12-16-25(17-13-19)14-7-15-26-20-8-3-5-10-22(20)29-18-30-23-11-6-4-9-21(23)26/h3-6,8-11,19H,2,7,12-18H2,1H3. The van der Waals surface area contributed by atoms with Crippen LogP contribution < -0.4 is 14.4 Å². The molecule has 1 saturated heterocycles. The van der Waals surface area contributed by atoms with Gasteiger partial charge in [0.2, 0.25) is 6.79 Å². The Kier molecular flexibility index (Phi) is 6.74. The first-order valence-electron chi connectivity index (χ1n) is 10.9. The minimum atomic E-state index is -0.0361. The molecule has 0 aromatic heterocycles. The molecule has 2 heterocycles. The van der Waals surface area contributed by atoms with Crippen molar-refractivity contribution in [2.24, 2.45) is 5.92 Å². The number of rotatable bonds is 6. The molecule has 0 N–H and O–H groups in total. The number of anilines is 2. The van der Waals surface area contributed by atoms with E-state index in [1.54, 1.807) is 0 Å². The Labute approximate surface area is 178 Å². The lowest BCUT2D eigenvalue weighted by molar-refractivity contribution is -0.149. The second-order valence-corrected chi connectivity index (χ2v) is 7.72. The van der Waals surface area contributed by atoms with Crippen LogP contribution >= 0.6 is 0 Å². The minimum absolute atomic E-state index is 0.0361. The van der Waals surface area contributed by atoms with E-state index in [9.17, 15) is 4.79 Å². The molecule has 0 unspecified atom stereocenters. The summed E-state index contributed by atoms with van der Waals surface area (Å²) in [7, 11) is 0. The molecule has 1 fully saturated rings. The molecule has 0 amide bonds. The number of carbonyl (C=O) groups is 1. The molecule has 30 heavy (non-hydrogen) atoms. The van der Waals surface area contributed by atoms with Crippen molar-refractivity contribution in [2.45, 2.75) is 26.2 Å². The van der Waals surface area contributed by atoms with E-state index in [4.69, 9.17) is 14.2 Å². The lowest BCUT2D eigenvalue weighted by Crippen LogP contribution is -2.38. The molecule has 0 bridgehead atoms. The first-order chi connectivity index (χ1) is 14.8. The third kappa shape index (κ3) is 4.70. The van der Waals surface area contributed by atoms with Crippen molar-refractivity contribution >= 4 is 17.3 Å². The quantitative estimate of drug-likeness (QED) is 0.665. The number of hydrogen-bond acceptors (Lipinski definition) is 6. The predicted octanol–water partition coefficient (Wildman–Crippen LogP) is 4.22. The lowest BCUT2D eigenvalue weighted by atomic mass is 9.97. The number of benzene rings is 2. The van der Waals surface area contributed by atoms with E-state index in [1.165, 1.54) is 0 Å². The molecule has 0 atom stereocenters. The fraction of sp³-hybridized carbons (Fsp3) is 0.458. The Morgan fingerprint density at radius 2 is 1.57 bits per heavy atom. The SMILES string of the molecule is CCOC(=O)C1CCN(CCCN2c3ccccc3OCOc3ccccc32)CC1. The van der Waals surface area contributed by atoms with Gasteiger partial charge in [-0.05, 0) is 70.1 Å². The van der Waals surface area contributed by atoms with Gasteiger partial charge in [0.05, 0.1) is 23.9 Å². The van der Waals surface area contributed by atoms with Crippen LogP contribution in [0.3, 0.4) is 0 Å². The van der Waals surface area contributed by atoms with Gasteiger partial charge in [-0.3, -0.25) is 4.79 Å². The van der Waals surface area contributed by atoms with E-state index in [2.05, 4.69) is 21.9 Å². The number of fused-ring (bicyclic) bond motifs is 2. The first-order valence-corrected chi connectivity index (χ1v) is 10.9. The molecule has 2 aliphatic rings. The Hall–Kier alpha value is -2.73. The van der Waals surface area contributed by atoms with Gasteiger partial charge in [0, 0.05) is 6.54 Å². The maximum absolute atomic E-state index is 11.9. The van der Waals surface area contributed by atoms with Gasteiger partial charge < -0.3 is 24.0 Å². The fourth-order valence-corrected chi connectivity index (χ4v) is 4.24. The van der Waals surface area contributed by atoms with Gasteiger partial charge in [-0.2, -0.15) is 0 Å². The van der Waals surface area contributed by atoms with Crippen molar-refractivity contribution in [3.05, 3.63) is 48.5 Å². The van der Waals surface area contributed by atoms with Crippen molar-refractivity contribution in [1.82, 2.24) is 4.90 Å². The van der Waals surface area contributed by atoms with Crippen molar-refractivity contribution in [3.63, 3.8) is 0 Å². The number of piperidine rings is 1. The highest BCUT2D eigenvalue weighted by molar-refractivity contribution is 5.74. The summed E-state index contributed by atoms with van der Waals surface area (Å²) >= 11 is 0. The van der Waals surface area contributed by atoms with Crippen LogP contribution in [0.4, 0.5) is 11.4 Å². The number of esters is 1. The molecule has 2 aromatic rings. The number of para-hydroxylation sites is 4. The van der Waals surface area contributed by atoms with Gasteiger partial charge in [0.15, 0.2) is 0 Å². The van der Waals surface area contributed by atoms with Crippen LogP contribution in [-0.4, -0.2) is 50.4 Å². The van der Waals surface area contributed by atoms with Gasteiger partial charge >= 0.3 is 5.97 Å². The van der Waals surface area contributed by atoms with E-state index in [0.717, 1.165) is 68.3 Å². The Morgan fingerprint density at radius 1 is 0.967 bits per heavy atom. The van der Waals surface area contributed by atoms with E-state index in [1.807, 2.05) is 43.3 Å². The summed E-state index contributed by atoms with van der Waals surface area (Å²) in [6, 6.07) is 16.2. The zero-order valence-electron chi connectivity index (χ0n) is 17.6. The summed E-state index contributed by atoms with van der Waals surface area (Å²) in [4.78, 5) is 16.7. The van der Waals surface area contributed by atoms with Crippen molar-refractivity contribution in [3.8, 4) is 11.5 Å². The van der Waals surface area contributed by atoms with E-state index < -0.39 is 0 Å². The van der Waals surface area contributed by atoms with Crippen LogP contribution in [0.1, 0.15) is 26.2 Å². The largest absolute Gasteiger partial charge is 0.466 e. The maximum atomic E-state index is 11.9. The highest BCUT2D eigenvalue weighted by atomic mass is 16.7. The highest BCUT2D eigenvalue weighted by Gasteiger charge is 2.26. The highest BCUT2D eigenvalue weighted by Crippen LogP contribution is 2.40. The Balaban J connectivity index is 1.39. The number of nitrogens with zero attached hydrogens (tertiary/aromatic N) is 2. The molecule has 0 saturated carbocycles. The molecule has 0 aliphatic carbocycles. The average molecular weight is 411 g/mol. The summed E-state index contributed by atoms with van der Waals surface area (Å²) in [6.45, 7) is 6.29. The summed E-state index contributed by atoms with van der Waals surface area (Å²) < 4.78 is 16.9. The van der Waals surface area contributed by atoms with Gasteiger partial charge in [0.1, 0.15) is 11.5 Å². The molecule has 0 spiro atoms. The minimum Gasteiger partial charge on any atom is -0.466 e. The second kappa shape index (κ2) is 9.85. The number of likely N-dealkylation sites (tertiary alicyclic amines) is 1. The van der Waals surface area contributed by atoms with Gasteiger partial charge in [-0.15, -0.1) is 0 Å². The number of ether oxygens (including phenoxy) is 3. The Morgan fingerprint density at radius 3 is 2.17 bits per heavy atom. The molecule has 160 valence electrons. The smallest absolute Gasteiger partial charge is 0.309 e. The molecule has 2 aliphatic heterocycles. The van der Waals surface area contributed by atoms with Crippen LogP contribution in [0.15, 0.2) is 48.5 Å². The summed E-state index contributed by atoms with van der Waals surface area (Å²) in [5, 5.41) is 0. The van der Waals surface area contributed by atoms with Crippen LogP contribution in [0.5, 0.6) is 11.5 Å². The molecule has 6 nitrogen and oxygen atoms in total. The molecule has 4 rings (SSSR count). The average Bonchev–Trinajstić information content (AvgIpc) is 2.77. The normalized spacial score (nSPS) is 17.0. The van der Waals surface area contributed by atoms with Gasteiger partial charge in [-0.1, -0.05) is 24.3 Å². The number of carbonyl (C=O) groups excluding carboxylic acids is 1. The fourth-order valence-electron chi connectivity index (χ4n) is 4.24. The third-order valence-electron chi connectivity index (χ3n) is 5.80. The first kappa shape index (κ1) is 20.5. The monoisotopic (exact) mass is 410 g/mol. The zero-order valence-corrected chi connectivity index (χ0v) is 17.6. The lowest BCUT2D eigenvalue weighted by Gasteiger charge is -2.33. The molecular formula is C24H30N2O4. The van der Waals surface area contributed by atoms with E-state index in [0.29, 0.717) is 6.61 Å². The molecule has 6 heteroatoms. The van der Waals surface area contributed by atoms with E-state index in [-0.39, 0.29) is 18.7 Å². The summed E-state index contributed by atoms with van der Waals surface area (Å²) in [5.74, 6) is 1.69. The second-order valence-electron chi connectivity index (χ2n) is 7.72. The molecule has 0 radical (unpaired) electrons. The van der Waals surface area contributed by atoms with Gasteiger partial charge in [-0.25, -0.2) is 0 Å². The number of hydrogen-bond donors (Lipinski definition) is 0. The molecule has 2 aromatic carbocycles. The Bertz CT molecular complexity index is 801. The summed E-state index contributed by atoms with van der Waals surface area (Å²) in [6.07, 6.45) is 2.78. The molecular weight excluding hydrogens is 380 g/mol. The summed E-state index contributed by atoms with van der Waals surface area (Å²) in [5.41, 5.74) is 2.13. The van der Waals surface area contributed by atoms with E-state index >= 15 is 0 Å². The van der Waals surface area contributed by atoms with Crippen LogP contribution in [0.25, 0.3) is 0 Å². The predicted molar refractivity (Wildman–Crippen MR) is 116 cm³/mol. The van der Waals surface area contributed by atoms with Crippen LogP contribution in [0, 0.1) is 5.92 Å².